The fourth-order valence-corrected chi connectivity index (χ4v) is 1.51. The van der Waals surface area contributed by atoms with E-state index < -0.39 is 5.91 Å². The minimum Gasteiger partial charge on any atom is -0.504 e. The Balaban J connectivity index is 2.58. The monoisotopic (exact) mass is 282 g/mol. The summed E-state index contributed by atoms with van der Waals surface area (Å²) in [7, 11) is 3.00. The zero-order valence-corrected chi connectivity index (χ0v) is 11.4. The van der Waals surface area contributed by atoms with Gasteiger partial charge in [0.2, 0.25) is 5.91 Å². The van der Waals surface area contributed by atoms with Gasteiger partial charge in [0.1, 0.15) is 0 Å². The van der Waals surface area contributed by atoms with Crippen molar-refractivity contribution in [2.75, 3.05) is 33.9 Å². The molecular weight excluding hydrogens is 264 g/mol. The van der Waals surface area contributed by atoms with Gasteiger partial charge in [-0.1, -0.05) is 0 Å². The first-order valence-corrected chi connectivity index (χ1v) is 5.98. The fourth-order valence-electron chi connectivity index (χ4n) is 1.51. The number of phenolic OH excluding ortho intramolecular Hbond substituents is 2. The molecule has 20 heavy (non-hydrogen) atoms. The maximum atomic E-state index is 12.0. The van der Waals surface area contributed by atoms with E-state index in [1.807, 2.05) is 0 Å². The van der Waals surface area contributed by atoms with Crippen LogP contribution in [0.5, 0.6) is 11.5 Å². The number of ether oxygens (including phenoxy) is 1. The molecule has 2 amide bonds. The third kappa shape index (κ3) is 4.43. The molecule has 0 aliphatic carbocycles. The molecule has 1 aromatic rings. The molecular formula is C13H18N2O5. The Morgan fingerprint density at radius 2 is 2.00 bits per heavy atom. The van der Waals surface area contributed by atoms with Crippen LogP contribution >= 0.6 is 0 Å². The summed E-state index contributed by atoms with van der Waals surface area (Å²) in [5.74, 6) is -1.42. The number of aromatic hydroxyl groups is 2. The van der Waals surface area contributed by atoms with E-state index in [1.54, 1.807) is 0 Å². The number of nitrogens with zero attached hydrogens (tertiary/aromatic N) is 1. The third-order valence-corrected chi connectivity index (χ3v) is 2.58. The predicted molar refractivity (Wildman–Crippen MR) is 71.6 cm³/mol. The van der Waals surface area contributed by atoms with Crippen LogP contribution in [0.15, 0.2) is 18.2 Å². The number of hydrogen-bond acceptors (Lipinski definition) is 5. The summed E-state index contributed by atoms with van der Waals surface area (Å²) in [4.78, 5) is 24.8. The summed E-state index contributed by atoms with van der Waals surface area (Å²) in [6.45, 7) is 0.663. The first-order chi connectivity index (χ1) is 9.45. The number of hydrogen-bond donors (Lipinski definition) is 3. The van der Waals surface area contributed by atoms with E-state index in [0.29, 0.717) is 13.2 Å². The van der Waals surface area contributed by atoms with Crippen LogP contribution in [0.1, 0.15) is 10.4 Å². The van der Waals surface area contributed by atoms with Crippen molar-refractivity contribution in [1.29, 1.82) is 0 Å². The highest BCUT2D eigenvalue weighted by Gasteiger charge is 2.16. The normalized spacial score (nSPS) is 10.1. The van der Waals surface area contributed by atoms with Crippen molar-refractivity contribution in [3.63, 3.8) is 0 Å². The zero-order chi connectivity index (χ0) is 15.1. The topological polar surface area (TPSA) is 99.1 Å². The standard InChI is InChI=1S/C13H18N2O5/c1-15(8-12(18)14-5-6-20-2)13(19)9-3-4-10(16)11(17)7-9/h3-4,7,16-17H,5-6,8H2,1-2H3,(H,14,18). The van der Waals surface area contributed by atoms with Crippen molar-refractivity contribution in [2.45, 2.75) is 0 Å². The molecule has 0 radical (unpaired) electrons. The van der Waals surface area contributed by atoms with E-state index in [4.69, 9.17) is 4.74 Å². The fraction of sp³-hybridized carbons (Fsp3) is 0.385. The van der Waals surface area contributed by atoms with Gasteiger partial charge >= 0.3 is 0 Å². The summed E-state index contributed by atoms with van der Waals surface area (Å²) < 4.78 is 4.79. The molecule has 7 heteroatoms. The lowest BCUT2D eigenvalue weighted by atomic mass is 10.2. The van der Waals surface area contributed by atoms with Gasteiger partial charge < -0.3 is 25.2 Å². The number of likely N-dealkylation sites (N-methyl/N-ethyl adjacent to an activating group) is 1. The molecule has 0 bridgehead atoms. The number of phenols is 2. The van der Waals surface area contributed by atoms with Gasteiger partial charge in [-0.15, -0.1) is 0 Å². The molecule has 0 fully saturated rings. The number of rotatable bonds is 6. The van der Waals surface area contributed by atoms with Crippen molar-refractivity contribution < 1.29 is 24.5 Å². The van der Waals surface area contributed by atoms with Crippen molar-refractivity contribution >= 4 is 11.8 Å². The molecule has 110 valence electrons. The zero-order valence-electron chi connectivity index (χ0n) is 11.4. The first kappa shape index (κ1) is 15.8. The van der Waals surface area contributed by atoms with Gasteiger partial charge in [-0.25, -0.2) is 0 Å². The van der Waals surface area contributed by atoms with Crippen LogP contribution in [0.25, 0.3) is 0 Å². The lowest BCUT2D eigenvalue weighted by Gasteiger charge is -2.17. The molecule has 1 rings (SSSR count). The molecule has 0 spiro atoms. The van der Waals surface area contributed by atoms with Crippen molar-refractivity contribution in [3.05, 3.63) is 23.8 Å². The second kappa shape index (κ2) is 7.34. The van der Waals surface area contributed by atoms with Crippen LogP contribution in [0.3, 0.4) is 0 Å². The smallest absolute Gasteiger partial charge is 0.254 e. The molecule has 0 unspecified atom stereocenters. The molecule has 0 heterocycles. The quantitative estimate of drug-likeness (QED) is 0.501. The van der Waals surface area contributed by atoms with Crippen LogP contribution in [0.4, 0.5) is 0 Å². The summed E-state index contributed by atoms with van der Waals surface area (Å²) in [5.41, 5.74) is 0.187. The highest BCUT2D eigenvalue weighted by Crippen LogP contribution is 2.25. The lowest BCUT2D eigenvalue weighted by molar-refractivity contribution is -0.121. The van der Waals surface area contributed by atoms with Crippen LogP contribution < -0.4 is 5.32 Å². The molecule has 3 N–H and O–H groups in total. The van der Waals surface area contributed by atoms with Gasteiger partial charge in [0.05, 0.1) is 13.2 Å². The highest BCUT2D eigenvalue weighted by molar-refractivity contribution is 5.96. The Labute approximate surface area is 116 Å². The Morgan fingerprint density at radius 3 is 2.60 bits per heavy atom. The van der Waals surface area contributed by atoms with Gasteiger partial charge in [0.25, 0.3) is 5.91 Å². The van der Waals surface area contributed by atoms with Gasteiger partial charge in [-0.2, -0.15) is 0 Å². The van der Waals surface area contributed by atoms with Crippen molar-refractivity contribution in [2.24, 2.45) is 0 Å². The molecule has 0 aliphatic heterocycles. The Bertz CT molecular complexity index is 490. The number of carbonyl (C=O) groups excluding carboxylic acids is 2. The van der Waals surface area contributed by atoms with Crippen LogP contribution in [-0.2, 0) is 9.53 Å². The second-order valence-electron chi connectivity index (χ2n) is 4.21. The second-order valence-corrected chi connectivity index (χ2v) is 4.21. The maximum Gasteiger partial charge on any atom is 0.254 e. The van der Waals surface area contributed by atoms with Crippen LogP contribution in [0, 0.1) is 0 Å². The largest absolute Gasteiger partial charge is 0.504 e. The van der Waals surface area contributed by atoms with E-state index >= 15 is 0 Å². The highest BCUT2D eigenvalue weighted by atomic mass is 16.5. The van der Waals surface area contributed by atoms with Crippen molar-refractivity contribution in [3.8, 4) is 11.5 Å². The molecule has 0 aromatic heterocycles. The Hall–Kier alpha value is -2.28. The third-order valence-electron chi connectivity index (χ3n) is 2.58. The summed E-state index contributed by atoms with van der Waals surface area (Å²) in [5, 5.41) is 21.1. The summed E-state index contributed by atoms with van der Waals surface area (Å²) in [6, 6.07) is 3.74. The molecule has 0 saturated carbocycles. The van der Waals surface area contributed by atoms with Gasteiger partial charge in [0, 0.05) is 26.3 Å². The molecule has 1 aromatic carbocycles. The molecule has 0 atom stereocenters. The average Bonchev–Trinajstić information content (AvgIpc) is 2.41. The Kier molecular flexibility index (Phi) is 5.79. The number of nitrogens with one attached hydrogen (secondary N) is 1. The molecule has 0 aliphatic rings. The lowest BCUT2D eigenvalue weighted by Crippen LogP contribution is -2.39. The Morgan fingerprint density at radius 1 is 1.30 bits per heavy atom. The predicted octanol–water partition coefficient (Wildman–Crippen LogP) is -0.0676. The van der Waals surface area contributed by atoms with E-state index in [-0.39, 0.29) is 29.5 Å². The van der Waals surface area contributed by atoms with E-state index in [1.165, 1.54) is 31.2 Å². The van der Waals surface area contributed by atoms with E-state index in [2.05, 4.69) is 5.32 Å². The summed E-state index contributed by atoms with van der Waals surface area (Å²) >= 11 is 0. The van der Waals surface area contributed by atoms with Gasteiger partial charge in [-0.05, 0) is 18.2 Å². The van der Waals surface area contributed by atoms with Crippen molar-refractivity contribution in [1.82, 2.24) is 10.2 Å². The first-order valence-electron chi connectivity index (χ1n) is 5.98. The minimum absolute atomic E-state index is 0.107. The van der Waals surface area contributed by atoms with Gasteiger partial charge in [0.15, 0.2) is 11.5 Å². The summed E-state index contributed by atoms with van der Waals surface area (Å²) in [6.07, 6.45) is 0. The number of carbonyl (C=O) groups is 2. The average molecular weight is 282 g/mol. The minimum atomic E-state index is -0.429. The van der Waals surface area contributed by atoms with E-state index in [9.17, 15) is 19.8 Å². The van der Waals surface area contributed by atoms with Crippen LogP contribution in [0.2, 0.25) is 0 Å². The maximum absolute atomic E-state index is 12.0. The molecule has 0 saturated heterocycles. The number of amides is 2. The number of methoxy groups -OCH3 is 1. The van der Waals surface area contributed by atoms with Gasteiger partial charge in [-0.3, -0.25) is 9.59 Å². The number of benzene rings is 1. The molecule has 7 nitrogen and oxygen atoms in total. The van der Waals surface area contributed by atoms with E-state index in [0.717, 1.165) is 6.07 Å². The van der Waals surface area contributed by atoms with Crippen LogP contribution in [-0.4, -0.2) is 60.8 Å². The SMILES string of the molecule is COCCNC(=O)CN(C)C(=O)c1ccc(O)c(O)c1.